The minimum Gasteiger partial charge on any atom is -0.475 e. The Labute approximate surface area is 175 Å². The van der Waals surface area contributed by atoms with E-state index in [1.165, 1.54) is 64.2 Å². The van der Waals surface area contributed by atoms with Crippen molar-refractivity contribution in [1.82, 2.24) is 0 Å². The number of hydrogen-bond donors (Lipinski definition) is 0. The lowest BCUT2D eigenvalue weighted by Gasteiger charge is -2.18. The lowest BCUT2D eigenvalue weighted by molar-refractivity contribution is -0.146. The zero-order chi connectivity index (χ0) is 20.5. The first-order valence-corrected chi connectivity index (χ1v) is 11.9. The van der Waals surface area contributed by atoms with Crippen molar-refractivity contribution in [3.63, 3.8) is 0 Å². The molecule has 0 spiro atoms. The summed E-state index contributed by atoms with van der Waals surface area (Å²) in [7, 11) is 0. The molecule has 0 rings (SSSR count). The van der Waals surface area contributed by atoms with E-state index < -0.39 is 0 Å². The molecule has 0 aliphatic rings. The van der Waals surface area contributed by atoms with Gasteiger partial charge in [0.05, 0.1) is 6.26 Å². The zero-order valence-electron chi connectivity index (χ0n) is 19.1. The minimum absolute atomic E-state index is 0.0946. The molecular weight excluding hydrogens is 352 g/mol. The number of hydrogen-bond acceptors (Lipinski definition) is 4. The molecule has 4 heteroatoms. The summed E-state index contributed by atoms with van der Waals surface area (Å²) in [5.74, 6) is 0. The van der Waals surface area contributed by atoms with E-state index in [4.69, 9.17) is 18.9 Å². The molecule has 0 aromatic carbocycles. The Morgan fingerprint density at radius 1 is 0.679 bits per heavy atom. The number of allylic oxidation sites excluding steroid dienone is 1. The Hall–Kier alpha value is -0.580. The van der Waals surface area contributed by atoms with Gasteiger partial charge in [0.1, 0.15) is 0 Å². The van der Waals surface area contributed by atoms with Gasteiger partial charge in [-0.05, 0) is 32.3 Å². The Bertz CT molecular complexity index is 289. The van der Waals surface area contributed by atoms with Gasteiger partial charge in [0.15, 0.2) is 13.1 Å². The lowest BCUT2D eigenvalue weighted by atomic mass is 10.1. The van der Waals surface area contributed by atoms with Crippen LogP contribution in [0.2, 0.25) is 0 Å². The van der Waals surface area contributed by atoms with E-state index in [0.29, 0.717) is 13.4 Å². The van der Waals surface area contributed by atoms with Crippen LogP contribution in [0, 0.1) is 0 Å². The molecule has 0 radical (unpaired) electrons. The zero-order valence-corrected chi connectivity index (χ0v) is 19.1. The topological polar surface area (TPSA) is 36.9 Å². The predicted octanol–water partition coefficient (Wildman–Crippen LogP) is 7.37. The Morgan fingerprint density at radius 2 is 1.21 bits per heavy atom. The van der Waals surface area contributed by atoms with Crippen molar-refractivity contribution >= 4 is 0 Å². The van der Waals surface area contributed by atoms with Crippen molar-refractivity contribution in [2.75, 3.05) is 26.6 Å². The molecular formula is C24H48O4. The maximum Gasteiger partial charge on any atom is 0.188 e. The Kier molecular flexibility index (Phi) is 24.0. The summed E-state index contributed by atoms with van der Waals surface area (Å²) in [5.41, 5.74) is 0. The highest BCUT2D eigenvalue weighted by atomic mass is 16.7. The van der Waals surface area contributed by atoms with Gasteiger partial charge in [0.25, 0.3) is 0 Å². The van der Waals surface area contributed by atoms with Crippen LogP contribution in [0.5, 0.6) is 0 Å². The largest absolute Gasteiger partial charge is 0.475 e. The summed E-state index contributed by atoms with van der Waals surface area (Å²) >= 11 is 0. The summed E-state index contributed by atoms with van der Waals surface area (Å²) in [6.07, 6.45) is 20.8. The third-order valence-electron chi connectivity index (χ3n) is 4.72. The minimum atomic E-state index is -0.0946. The average Bonchev–Trinajstić information content (AvgIpc) is 2.71. The van der Waals surface area contributed by atoms with E-state index in [1.54, 1.807) is 6.26 Å². The molecule has 168 valence electrons. The van der Waals surface area contributed by atoms with E-state index in [9.17, 15) is 0 Å². The van der Waals surface area contributed by atoms with Gasteiger partial charge in [0.2, 0.25) is 0 Å². The second-order valence-electron chi connectivity index (χ2n) is 7.43. The standard InChI is InChI=1S/C24H48O4/c1-4-7-9-11-13-16-21-27-24(19-15-18-20-26-23-25-6-3)28-22-17-14-12-10-8-5-2/h18,20,24H,4-17,19,21-23H2,1-3H3. The molecule has 4 nitrogen and oxygen atoms in total. The average molecular weight is 401 g/mol. The van der Waals surface area contributed by atoms with Crippen molar-refractivity contribution in [3.05, 3.63) is 12.3 Å². The molecule has 0 fully saturated rings. The summed E-state index contributed by atoms with van der Waals surface area (Å²) < 4.78 is 22.4. The number of unbranched alkanes of at least 4 members (excludes halogenated alkanes) is 10. The third-order valence-corrected chi connectivity index (χ3v) is 4.72. The van der Waals surface area contributed by atoms with Gasteiger partial charge in [-0.25, -0.2) is 0 Å². The van der Waals surface area contributed by atoms with E-state index in [2.05, 4.69) is 13.8 Å². The highest BCUT2D eigenvalue weighted by Gasteiger charge is 2.08. The van der Waals surface area contributed by atoms with E-state index in [0.717, 1.165) is 38.9 Å². The molecule has 0 aliphatic carbocycles. The van der Waals surface area contributed by atoms with Gasteiger partial charge in [-0.15, -0.1) is 0 Å². The van der Waals surface area contributed by atoms with Crippen molar-refractivity contribution in [1.29, 1.82) is 0 Å². The highest BCUT2D eigenvalue weighted by Crippen LogP contribution is 2.11. The van der Waals surface area contributed by atoms with Crippen LogP contribution in [0.15, 0.2) is 12.3 Å². The van der Waals surface area contributed by atoms with Crippen LogP contribution in [0.3, 0.4) is 0 Å². The summed E-state index contributed by atoms with van der Waals surface area (Å²) in [4.78, 5) is 0. The monoisotopic (exact) mass is 400 g/mol. The van der Waals surface area contributed by atoms with Crippen LogP contribution >= 0.6 is 0 Å². The first-order valence-electron chi connectivity index (χ1n) is 11.9. The summed E-state index contributed by atoms with van der Waals surface area (Å²) in [6.45, 7) is 9.07. The molecule has 0 amide bonds. The number of rotatable bonds is 23. The van der Waals surface area contributed by atoms with Crippen molar-refractivity contribution in [2.24, 2.45) is 0 Å². The molecule has 0 atom stereocenters. The molecule has 0 saturated carbocycles. The molecule has 0 bridgehead atoms. The third kappa shape index (κ3) is 21.7. The van der Waals surface area contributed by atoms with Gasteiger partial charge in [-0.3, -0.25) is 0 Å². The fourth-order valence-electron chi connectivity index (χ4n) is 2.95. The SMILES string of the molecule is CCCCCCCCOC(CCC=COCOCC)OCCCCCCCC. The molecule has 0 unspecified atom stereocenters. The van der Waals surface area contributed by atoms with E-state index >= 15 is 0 Å². The smallest absolute Gasteiger partial charge is 0.188 e. The summed E-state index contributed by atoms with van der Waals surface area (Å²) in [5, 5.41) is 0. The molecule has 0 heterocycles. The fraction of sp³-hybridized carbons (Fsp3) is 0.917. The normalized spacial score (nSPS) is 11.7. The van der Waals surface area contributed by atoms with Gasteiger partial charge >= 0.3 is 0 Å². The van der Waals surface area contributed by atoms with E-state index in [1.807, 2.05) is 13.0 Å². The van der Waals surface area contributed by atoms with Crippen molar-refractivity contribution in [3.8, 4) is 0 Å². The van der Waals surface area contributed by atoms with Crippen LogP contribution < -0.4 is 0 Å². The van der Waals surface area contributed by atoms with Crippen molar-refractivity contribution in [2.45, 2.75) is 117 Å². The van der Waals surface area contributed by atoms with Gasteiger partial charge in [-0.2, -0.15) is 0 Å². The van der Waals surface area contributed by atoms with Crippen molar-refractivity contribution < 1.29 is 18.9 Å². The number of ether oxygens (including phenoxy) is 4. The van der Waals surface area contributed by atoms with Gasteiger partial charge in [0, 0.05) is 26.2 Å². The maximum atomic E-state index is 6.02. The fourth-order valence-corrected chi connectivity index (χ4v) is 2.95. The summed E-state index contributed by atoms with van der Waals surface area (Å²) in [6, 6.07) is 0. The molecule has 0 aliphatic heterocycles. The van der Waals surface area contributed by atoms with E-state index in [-0.39, 0.29) is 6.29 Å². The van der Waals surface area contributed by atoms with Crippen LogP contribution in [0.4, 0.5) is 0 Å². The maximum absolute atomic E-state index is 6.02. The molecule has 0 saturated heterocycles. The predicted molar refractivity (Wildman–Crippen MR) is 118 cm³/mol. The van der Waals surface area contributed by atoms with Crippen LogP contribution in [0.25, 0.3) is 0 Å². The molecule has 0 aromatic rings. The van der Waals surface area contributed by atoms with Crippen LogP contribution in [-0.2, 0) is 18.9 Å². The molecule has 0 aromatic heterocycles. The molecule has 0 N–H and O–H groups in total. The molecule has 28 heavy (non-hydrogen) atoms. The second kappa shape index (κ2) is 24.5. The highest BCUT2D eigenvalue weighted by molar-refractivity contribution is 4.73. The Morgan fingerprint density at radius 3 is 1.75 bits per heavy atom. The lowest BCUT2D eigenvalue weighted by Crippen LogP contribution is -2.18. The van der Waals surface area contributed by atoms with Crippen LogP contribution in [-0.4, -0.2) is 32.9 Å². The van der Waals surface area contributed by atoms with Gasteiger partial charge < -0.3 is 18.9 Å². The quantitative estimate of drug-likeness (QED) is 0.102. The van der Waals surface area contributed by atoms with Gasteiger partial charge in [-0.1, -0.05) is 78.1 Å². The first kappa shape index (κ1) is 27.4. The second-order valence-corrected chi connectivity index (χ2v) is 7.43. The first-order chi connectivity index (χ1) is 13.8. The Balaban J connectivity index is 3.88. The van der Waals surface area contributed by atoms with Crippen LogP contribution in [0.1, 0.15) is 111 Å².